The van der Waals surface area contributed by atoms with Crippen molar-refractivity contribution in [2.45, 2.75) is 6.92 Å². The van der Waals surface area contributed by atoms with Gasteiger partial charge in [-0.25, -0.2) is 4.39 Å². The van der Waals surface area contributed by atoms with Crippen molar-refractivity contribution < 1.29 is 9.18 Å². The van der Waals surface area contributed by atoms with Gasteiger partial charge in [-0.3, -0.25) is 4.79 Å². The fourth-order valence-electron chi connectivity index (χ4n) is 2.92. The van der Waals surface area contributed by atoms with Crippen LogP contribution in [0.4, 0.5) is 15.8 Å². The molecule has 6 heteroatoms. The first kappa shape index (κ1) is 19.2. The van der Waals surface area contributed by atoms with Gasteiger partial charge in [-0.05, 0) is 42.9 Å². The molecule has 0 aromatic heterocycles. The molecule has 2 aromatic rings. The van der Waals surface area contributed by atoms with E-state index in [1.165, 1.54) is 12.1 Å². The molecule has 134 valence electrons. The van der Waals surface area contributed by atoms with E-state index in [1.807, 2.05) is 24.3 Å². The summed E-state index contributed by atoms with van der Waals surface area (Å²) < 4.78 is 13.6. The molecule has 1 aliphatic heterocycles. The largest absolute Gasteiger partial charge is 0.369 e. The number of carbonyl (C=O) groups excluding carboxylic acids is 1. The molecule has 1 N–H and O–H groups in total. The minimum atomic E-state index is -0.514. The number of hydrogen-bond donors (Lipinski definition) is 1. The normalized spacial score (nSPS) is 14.7. The Morgan fingerprint density at radius 3 is 2.28 bits per heavy atom. The smallest absolute Gasteiger partial charge is 0.258 e. The van der Waals surface area contributed by atoms with Crippen LogP contribution in [0.1, 0.15) is 17.3 Å². The molecule has 25 heavy (non-hydrogen) atoms. The van der Waals surface area contributed by atoms with Crippen LogP contribution in [0.2, 0.25) is 0 Å². The fraction of sp³-hybridized carbons (Fsp3) is 0.316. The Labute approximate surface area is 154 Å². The Hall–Kier alpha value is -2.11. The van der Waals surface area contributed by atoms with Gasteiger partial charge in [0, 0.05) is 37.6 Å². The van der Waals surface area contributed by atoms with Crippen LogP contribution in [0.5, 0.6) is 0 Å². The molecule has 0 bridgehead atoms. The lowest BCUT2D eigenvalue weighted by atomic mass is 10.2. The number of anilines is 2. The number of carbonyl (C=O) groups is 1. The molecule has 1 fully saturated rings. The molecule has 0 radical (unpaired) electrons. The molecule has 3 rings (SSSR count). The Bertz CT molecular complexity index is 700. The number of hydrogen-bond acceptors (Lipinski definition) is 3. The van der Waals surface area contributed by atoms with Crippen LogP contribution in [0.25, 0.3) is 0 Å². The quantitative estimate of drug-likeness (QED) is 0.900. The summed E-state index contributed by atoms with van der Waals surface area (Å²) >= 11 is 0. The van der Waals surface area contributed by atoms with Gasteiger partial charge < -0.3 is 15.1 Å². The molecule has 0 unspecified atom stereocenters. The van der Waals surface area contributed by atoms with E-state index >= 15 is 0 Å². The van der Waals surface area contributed by atoms with Crippen molar-refractivity contribution in [3.8, 4) is 0 Å². The van der Waals surface area contributed by atoms with Gasteiger partial charge >= 0.3 is 0 Å². The van der Waals surface area contributed by atoms with E-state index < -0.39 is 11.7 Å². The zero-order chi connectivity index (χ0) is 16.9. The second-order valence-electron chi connectivity index (χ2n) is 5.90. The highest BCUT2D eigenvalue weighted by Crippen LogP contribution is 2.20. The predicted molar refractivity (Wildman–Crippen MR) is 102 cm³/mol. The highest BCUT2D eigenvalue weighted by atomic mass is 35.5. The van der Waals surface area contributed by atoms with Crippen molar-refractivity contribution >= 4 is 29.7 Å². The summed E-state index contributed by atoms with van der Waals surface area (Å²) in [5.74, 6) is -0.946. The van der Waals surface area contributed by atoms with Crippen molar-refractivity contribution in [3.05, 3.63) is 59.9 Å². The van der Waals surface area contributed by atoms with Crippen molar-refractivity contribution in [1.29, 1.82) is 0 Å². The van der Waals surface area contributed by atoms with Gasteiger partial charge in [0.15, 0.2) is 0 Å². The summed E-state index contributed by atoms with van der Waals surface area (Å²) in [4.78, 5) is 16.9. The topological polar surface area (TPSA) is 35.6 Å². The molecule has 0 spiro atoms. The first-order valence-corrected chi connectivity index (χ1v) is 8.30. The van der Waals surface area contributed by atoms with Crippen molar-refractivity contribution in [3.63, 3.8) is 0 Å². The maximum absolute atomic E-state index is 13.6. The number of nitrogens with zero attached hydrogens (tertiary/aromatic N) is 2. The Morgan fingerprint density at radius 1 is 1.04 bits per heavy atom. The molecule has 1 heterocycles. The van der Waals surface area contributed by atoms with E-state index in [0.717, 1.165) is 38.4 Å². The predicted octanol–water partition coefficient (Wildman–Crippen LogP) is 3.64. The number of amides is 1. The molecule has 0 aliphatic carbocycles. The molecular weight excluding hydrogens is 341 g/mol. The number of rotatable bonds is 4. The van der Waals surface area contributed by atoms with E-state index in [2.05, 4.69) is 22.0 Å². The Kier molecular flexibility index (Phi) is 6.79. The third-order valence-corrected chi connectivity index (χ3v) is 4.43. The van der Waals surface area contributed by atoms with Crippen LogP contribution < -0.4 is 10.2 Å². The maximum atomic E-state index is 13.6. The first-order valence-electron chi connectivity index (χ1n) is 8.30. The third-order valence-electron chi connectivity index (χ3n) is 4.43. The number of benzene rings is 2. The lowest BCUT2D eigenvalue weighted by Gasteiger charge is -2.35. The minimum Gasteiger partial charge on any atom is -0.369 e. The van der Waals surface area contributed by atoms with E-state index in [9.17, 15) is 9.18 Å². The molecule has 0 saturated carbocycles. The molecular formula is C19H23ClFN3O. The van der Waals surface area contributed by atoms with Gasteiger partial charge in [0.25, 0.3) is 5.91 Å². The minimum absolute atomic E-state index is 0. The van der Waals surface area contributed by atoms with E-state index in [-0.39, 0.29) is 18.0 Å². The van der Waals surface area contributed by atoms with E-state index in [0.29, 0.717) is 5.69 Å². The highest BCUT2D eigenvalue weighted by Gasteiger charge is 2.16. The molecule has 4 nitrogen and oxygen atoms in total. The Morgan fingerprint density at radius 2 is 1.68 bits per heavy atom. The van der Waals surface area contributed by atoms with Gasteiger partial charge in [0.1, 0.15) is 5.82 Å². The second-order valence-corrected chi connectivity index (χ2v) is 5.90. The molecule has 2 aromatic carbocycles. The van der Waals surface area contributed by atoms with Gasteiger partial charge in [-0.1, -0.05) is 19.1 Å². The van der Waals surface area contributed by atoms with Crippen LogP contribution in [0.15, 0.2) is 48.5 Å². The molecule has 1 amide bonds. The highest BCUT2D eigenvalue weighted by molar-refractivity contribution is 6.04. The van der Waals surface area contributed by atoms with Crippen molar-refractivity contribution in [1.82, 2.24) is 4.90 Å². The average Bonchev–Trinajstić information content (AvgIpc) is 2.63. The number of halogens is 2. The summed E-state index contributed by atoms with van der Waals surface area (Å²) in [7, 11) is 0. The summed E-state index contributed by atoms with van der Waals surface area (Å²) in [6.07, 6.45) is 0. The van der Waals surface area contributed by atoms with Crippen LogP contribution >= 0.6 is 12.4 Å². The van der Waals surface area contributed by atoms with Crippen LogP contribution in [-0.4, -0.2) is 43.5 Å². The van der Waals surface area contributed by atoms with E-state index in [1.54, 1.807) is 12.1 Å². The second kappa shape index (κ2) is 8.83. The SMILES string of the molecule is CCN1CCN(c2ccc(NC(=O)c3ccccc3F)cc2)CC1.Cl. The first-order chi connectivity index (χ1) is 11.7. The van der Waals surface area contributed by atoms with Crippen LogP contribution in [-0.2, 0) is 0 Å². The lowest BCUT2D eigenvalue weighted by molar-refractivity contribution is 0.102. The summed E-state index contributed by atoms with van der Waals surface area (Å²) in [6.45, 7) is 7.44. The van der Waals surface area contributed by atoms with Gasteiger partial charge in [0.05, 0.1) is 5.56 Å². The fourth-order valence-corrected chi connectivity index (χ4v) is 2.92. The van der Waals surface area contributed by atoms with Gasteiger partial charge in [-0.15, -0.1) is 12.4 Å². The van der Waals surface area contributed by atoms with Crippen molar-refractivity contribution in [2.75, 3.05) is 42.9 Å². The zero-order valence-electron chi connectivity index (χ0n) is 14.2. The van der Waals surface area contributed by atoms with Crippen LogP contribution in [0, 0.1) is 5.82 Å². The standard InChI is InChI=1S/C19H22FN3O.ClH/c1-2-22-11-13-23(14-12-22)16-9-7-15(8-10-16)21-19(24)17-5-3-4-6-18(17)20;/h3-10H,2,11-14H2,1H3,(H,21,24);1H. The summed E-state index contributed by atoms with van der Waals surface area (Å²) in [6, 6.07) is 13.7. The van der Waals surface area contributed by atoms with Gasteiger partial charge in [-0.2, -0.15) is 0 Å². The molecule has 0 atom stereocenters. The maximum Gasteiger partial charge on any atom is 0.258 e. The van der Waals surface area contributed by atoms with E-state index in [4.69, 9.17) is 0 Å². The van der Waals surface area contributed by atoms with Gasteiger partial charge in [0.2, 0.25) is 0 Å². The summed E-state index contributed by atoms with van der Waals surface area (Å²) in [5.41, 5.74) is 1.87. The Balaban J connectivity index is 0.00000225. The third kappa shape index (κ3) is 4.71. The average molecular weight is 364 g/mol. The number of piperazine rings is 1. The molecule has 1 aliphatic rings. The lowest BCUT2D eigenvalue weighted by Crippen LogP contribution is -2.46. The zero-order valence-corrected chi connectivity index (χ0v) is 15.1. The number of nitrogens with one attached hydrogen (secondary N) is 1. The van der Waals surface area contributed by atoms with Crippen LogP contribution in [0.3, 0.4) is 0 Å². The molecule has 1 saturated heterocycles. The summed E-state index contributed by atoms with van der Waals surface area (Å²) in [5, 5.41) is 2.74. The number of likely N-dealkylation sites (N-methyl/N-ethyl adjacent to an activating group) is 1. The monoisotopic (exact) mass is 363 g/mol. The van der Waals surface area contributed by atoms with Crippen molar-refractivity contribution in [2.24, 2.45) is 0 Å².